The fourth-order valence-corrected chi connectivity index (χ4v) is 7.23. The molecule has 1 unspecified atom stereocenters. The molecule has 3 aliphatic carbocycles. The number of piperidine rings is 1. The van der Waals surface area contributed by atoms with E-state index in [1.54, 1.807) is 6.07 Å². The highest BCUT2D eigenvalue weighted by atomic mass is 16.3. The maximum absolute atomic E-state index is 12.5. The average molecular weight is 398 g/mol. The summed E-state index contributed by atoms with van der Waals surface area (Å²) in [6.45, 7) is 6.44. The van der Waals surface area contributed by atoms with Gasteiger partial charge in [-0.15, -0.1) is 0 Å². The van der Waals surface area contributed by atoms with Crippen LogP contribution in [0.5, 0.6) is 5.75 Å². The third kappa shape index (κ3) is 2.90. The highest BCUT2D eigenvalue weighted by Crippen LogP contribution is 2.62. The lowest BCUT2D eigenvalue weighted by Crippen LogP contribution is -2.74. The number of aldehydes is 1. The summed E-state index contributed by atoms with van der Waals surface area (Å²) < 4.78 is 0. The quantitative estimate of drug-likeness (QED) is 0.742. The van der Waals surface area contributed by atoms with E-state index in [1.165, 1.54) is 18.4 Å². The van der Waals surface area contributed by atoms with E-state index >= 15 is 0 Å². The number of aromatic hydroxyl groups is 1. The molecule has 1 heterocycles. The zero-order valence-electron chi connectivity index (χ0n) is 17.9. The summed E-state index contributed by atoms with van der Waals surface area (Å²) in [4.78, 5) is 14.9. The fraction of sp³-hybridized carbons (Fsp3) is 0.720. The summed E-state index contributed by atoms with van der Waals surface area (Å²) in [6.07, 6.45) is 8.58. The molecule has 1 aliphatic heterocycles. The summed E-state index contributed by atoms with van der Waals surface area (Å²) in [5, 5.41) is 22.8. The van der Waals surface area contributed by atoms with Gasteiger partial charge in [-0.3, -0.25) is 4.90 Å². The van der Waals surface area contributed by atoms with Crippen molar-refractivity contribution in [1.82, 2.24) is 4.90 Å². The van der Waals surface area contributed by atoms with Crippen LogP contribution < -0.4 is 0 Å². The molecule has 29 heavy (non-hydrogen) atoms. The van der Waals surface area contributed by atoms with Crippen molar-refractivity contribution in [3.05, 3.63) is 29.3 Å². The van der Waals surface area contributed by atoms with Gasteiger partial charge in [0.05, 0.1) is 5.60 Å². The fourth-order valence-electron chi connectivity index (χ4n) is 7.23. The number of hydrogen-bond donors (Lipinski definition) is 2. The molecule has 4 heteroatoms. The second-order valence-electron chi connectivity index (χ2n) is 11.0. The molecule has 4 nitrogen and oxygen atoms in total. The molecule has 1 aromatic carbocycles. The Labute approximate surface area is 174 Å². The van der Waals surface area contributed by atoms with E-state index in [0.717, 1.165) is 63.0 Å². The largest absolute Gasteiger partial charge is 0.508 e. The number of nitrogens with zero attached hydrogens (tertiary/aromatic N) is 1. The Morgan fingerprint density at radius 1 is 1.24 bits per heavy atom. The molecule has 158 valence electrons. The second-order valence-corrected chi connectivity index (χ2v) is 11.0. The maximum Gasteiger partial charge on any atom is 0.126 e. The van der Waals surface area contributed by atoms with Crippen molar-refractivity contribution in [2.45, 2.75) is 82.3 Å². The molecule has 5 rings (SSSR count). The first-order valence-corrected chi connectivity index (χ1v) is 11.6. The summed E-state index contributed by atoms with van der Waals surface area (Å²) in [7, 11) is 0. The van der Waals surface area contributed by atoms with Gasteiger partial charge in [-0.25, -0.2) is 0 Å². The number of phenolic OH excluding ortho intramolecular Hbond substituents is 1. The van der Waals surface area contributed by atoms with Crippen LogP contribution in [-0.4, -0.2) is 46.1 Å². The molecule has 0 radical (unpaired) electrons. The Balaban J connectivity index is 1.61. The van der Waals surface area contributed by atoms with Gasteiger partial charge >= 0.3 is 0 Å². The van der Waals surface area contributed by atoms with Crippen LogP contribution in [0.25, 0.3) is 0 Å². The summed E-state index contributed by atoms with van der Waals surface area (Å²) in [6, 6.07) is 5.83. The van der Waals surface area contributed by atoms with E-state index in [-0.39, 0.29) is 17.2 Å². The Hall–Kier alpha value is -1.39. The number of likely N-dealkylation sites (tertiary alicyclic amines) is 1. The van der Waals surface area contributed by atoms with Gasteiger partial charge in [-0.1, -0.05) is 19.9 Å². The van der Waals surface area contributed by atoms with Gasteiger partial charge in [0, 0.05) is 23.4 Å². The first-order chi connectivity index (χ1) is 13.8. The van der Waals surface area contributed by atoms with E-state index in [0.29, 0.717) is 12.3 Å². The van der Waals surface area contributed by atoms with Crippen molar-refractivity contribution < 1.29 is 15.0 Å². The number of aliphatic hydroxyl groups is 1. The molecule has 2 saturated carbocycles. The molecule has 0 spiro atoms. The predicted octanol–water partition coefficient (Wildman–Crippen LogP) is 3.82. The highest BCUT2D eigenvalue weighted by molar-refractivity contribution is 5.62. The normalized spacial score (nSPS) is 39.1. The number of carbonyl (C=O) groups is 1. The number of fused-ring (bicyclic) bond motifs is 1. The minimum atomic E-state index is -0.908. The smallest absolute Gasteiger partial charge is 0.126 e. The van der Waals surface area contributed by atoms with Gasteiger partial charge in [-0.05, 0) is 93.0 Å². The Bertz CT molecular complexity index is 818. The van der Waals surface area contributed by atoms with Crippen molar-refractivity contribution in [2.75, 3.05) is 13.1 Å². The number of benzene rings is 1. The van der Waals surface area contributed by atoms with Crippen LogP contribution in [0.2, 0.25) is 0 Å². The highest BCUT2D eigenvalue weighted by Gasteiger charge is 2.67. The van der Waals surface area contributed by atoms with Crippen LogP contribution in [0.4, 0.5) is 0 Å². The van der Waals surface area contributed by atoms with E-state index in [2.05, 4.69) is 24.8 Å². The first-order valence-electron chi connectivity index (χ1n) is 11.6. The topological polar surface area (TPSA) is 60.8 Å². The predicted molar refractivity (Wildman–Crippen MR) is 113 cm³/mol. The second kappa shape index (κ2) is 6.55. The van der Waals surface area contributed by atoms with Gasteiger partial charge in [-0.2, -0.15) is 0 Å². The molecule has 2 bridgehead atoms. The van der Waals surface area contributed by atoms with E-state index < -0.39 is 11.0 Å². The van der Waals surface area contributed by atoms with Crippen LogP contribution in [-0.2, 0) is 16.6 Å². The minimum Gasteiger partial charge on any atom is -0.508 e. The average Bonchev–Trinajstić information content (AvgIpc) is 3.48. The molecule has 4 atom stereocenters. The number of phenols is 1. The van der Waals surface area contributed by atoms with Crippen molar-refractivity contribution in [3.8, 4) is 5.75 Å². The van der Waals surface area contributed by atoms with Crippen LogP contribution in [0, 0.1) is 17.3 Å². The SMILES string of the molecule is CC(C)C[C@]1(C=O)CCC23CCN(CC4CC4)[C@H](Cc4ccc(O)cc42)[C@]3(O)C1. The molecular weight excluding hydrogens is 362 g/mol. The number of hydrogen-bond acceptors (Lipinski definition) is 4. The lowest BCUT2D eigenvalue weighted by Gasteiger charge is -2.66. The van der Waals surface area contributed by atoms with Gasteiger partial charge in [0.2, 0.25) is 0 Å². The first kappa shape index (κ1) is 19.6. The zero-order chi connectivity index (χ0) is 20.4. The summed E-state index contributed by atoms with van der Waals surface area (Å²) in [5.41, 5.74) is 0.746. The Morgan fingerprint density at radius 3 is 2.72 bits per heavy atom. The van der Waals surface area contributed by atoms with Crippen molar-refractivity contribution in [2.24, 2.45) is 17.3 Å². The Morgan fingerprint density at radius 2 is 2.03 bits per heavy atom. The van der Waals surface area contributed by atoms with E-state index in [9.17, 15) is 15.0 Å². The maximum atomic E-state index is 12.5. The van der Waals surface area contributed by atoms with Crippen molar-refractivity contribution >= 4 is 6.29 Å². The van der Waals surface area contributed by atoms with Crippen LogP contribution in [0.1, 0.15) is 69.9 Å². The number of rotatable bonds is 5. The molecule has 0 amide bonds. The van der Waals surface area contributed by atoms with Crippen molar-refractivity contribution in [3.63, 3.8) is 0 Å². The molecule has 2 N–H and O–H groups in total. The third-order valence-corrected chi connectivity index (χ3v) is 8.59. The van der Waals surface area contributed by atoms with Crippen LogP contribution in [0.3, 0.4) is 0 Å². The van der Waals surface area contributed by atoms with Crippen molar-refractivity contribution in [1.29, 1.82) is 0 Å². The van der Waals surface area contributed by atoms with E-state index in [4.69, 9.17) is 0 Å². The van der Waals surface area contributed by atoms with Gasteiger partial charge in [0.15, 0.2) is 0 Å². The third-order valence-electron chi connectivity index (χ3n) is 8.59. The van der Waals surface area contributed by atoms with E-state index in [1.807, 2.05) is 6.07 Å². The molecule has 1 aromatic rings. The Kier molecular flexibility index (Phi) is 4.42. The standard InChI is InChI=1S/C25H35NO3/c1-17(2)13-23(16-27)7-8-24-9-10-26(14-18-3-4-18)22(25(24,29)15-23)11-19-5-6-20(28)12-21(19)24/h5-6,12,16-18,22,28-29H,3-4,7-11,13-15H2,1-2H3/t22-,23-,24?,25-/m1/s1. The summed E-state index contributed by atoms with van der Waals surface area (Å²) in [5.74, 6) is 1.50. The molecule has 3 fully saturated rings. The molecule has 1 saturated heterocycles. The van der Waals surface area contributed by atoms with Crippen LogP contribution in [0.15, 0.2) is 18.2 Å². The lowest BCUT2D eigenvalue weighted by atomic mass is 9.45. The van der Waals surface area contributed by atoms with Gasteiger partial charge < -0.3 is 15.0 Å². The zero-order valence-corrected chi connectivity index (χ0v) is 17.9. The van der Waals surface area contributed by atoms with Gasteiger partial charge in [0.25, 0.3) is 0 Å². The molecule has 0 aromatic heterocycles. The monoisotopic (exact) mass is 397 g/mol. The molecule has 4 aliphatic rings. The molecular formula is C25H35NO3. The summed E-state index contributed by atoms with van der Waals surface area (Å²) >= 11 is 0. The van der Waals surface area contributed by atoms with Crippen LogP contribution >= 0.6 is 0 Å². The minimum absolute atomic E-state index is 0.0701. The number of carbonyl (C=O) groups excluding carboxylic acids is 1. The lowest BCUT2D eigenvalue weighted by molar-refractivity contribution is -0.193. The van der Waals surface area contributed by atoms with Gasteiger partial charge in [0.1, 0.15) is 12.0 Å².